The summed E-state index contributed by atoms with van der Waals surface area (Å²) in [4.78, 5) is 6.82. The minimum Gasteiger partial charge on any atom is -0.406 e. The first-order valence-corrected chi connectivity index (χ1v) is 9.46. The second kappa shape index (κ2) is 8.23. The molecule has 1 fully saturated rings. The average Bonchev–Trinajstić information content (AvgIpc) is 3.38. The lowest BCUT2D eigenvalue weighted by atomic mass is 10.1. The molecule has 7 nitrogen and oxygen atoms in total. The molecule has 10 heteroatoms. The van der Waals surface area contributed by atoms with E-state index in [1.54, 1.807) is 12.4 Å². The van der Waals surface area contributed by atoms with Gasteiger partial charge < -0.3 is 20.7 Å². The predicted molar refractivity (Wildman–Crippen MR) is 107 cm³/mol. The molecule has 2 aromatic heterocycles. The third-order valence-corrected chi connectivity index (χ3v) is 4.82. The summed E-state index contributed by atoms with van der Waals surface area (Å²) < 4.78 is 40.7. The summed E-state index contributed by atoms with van der Waals surface area (Å²) in [5.41, 5.74) is 9.42. The van der Waals surface area contributed by atoms with Crippen LogP contribution in [0.5, 0.6) is 5.75 Å². The number of aromatic nitrogens is 3. The first kappa shape index (κ1) is 20.0. The van der Waals surface area contributed by atoms with Crippen LogP contribution in [0.2, 0.25) is 0 Å². The molecule has 1 aliphatic heterocycles. The number of rotatable bonds is 6. The number of halogens is 3. The maximum atomic E-state index is 12.3. The first-order valence-electron chi connectivity index (χ1n) is 9.46. The van der Waals surface area contributed by atoms with E-state index >= 15 is 0 Å². The van der Waals surface area contributed by atoms with Gasteiger partial charge in [0.1, 0.15) is 11.6 Å². The van der Waals surface area contributed by atoms with Crippen molar-refractivity contribution in [3.63, 3.8) is 0 Å². The van der Waals surface area contributed by atoms with Crippen molar-refractivity contribution in [3.8, 4) is 17.0 Å². The highest BCUT2D eigenvalue weighted by Crippen LogP contribution is 2.31. The van der Waals surface area contributed by atoms with E-state index in [4.69, 9.17) is 5.73 Å². The molecule has 1 aliphatic rings. The van der Waals surface area contributed by atoms with Crippen molar-refractivity contribution >= 4 is 11.5 Å². The number of anilines is 2. The van der Waals surface area contributed by atoms with Crippen LogP contribution in [0.1, 0.15) is 12.0 Å². The molecule has 158 valence electrons. The molecule has 4 rings (SSSR count). The monoisotopic (exact) mass is 418 g/mol. The molecule has 0 bridgehead atoms. The molecule has 0 amide bonds. The van der Waals surface area contributed by atoms with Gasteiger partial charge in [-0.25, -0.2) is 4.98 Å². The molecule has 30 heavy (non-hydrogen) atoms. The van der Waals surface area contributed by atoms with Crippen LogP contribution in [-0.4, -0.2) is 40.7 Å². The van der Waals surface area contributed by atoms with E-state index in [9.17, 15) is 13.2 Å². The molecule has 3 aromatic rings. The van der Waals surface area contributed by atoms with Gasteiger partial charge in [0.2, 0.25) is 0 Å². The number of alkyl halides is 3. The van der Waals surface area contributed by atoms with Crippen LogP contribution < -0.4 is 20.7 Å². The third-order valence-electron chi connectivity index (χ3n) is 4.82. The molecule has 0 aliphatic carbocycles. The molecule has 1 saturated heterocycles. The highest BCUT2D eigenvalue weighted by molar-refractivity contribution is 5.74. The Balaban J connectivity index is 1.49. The van der Waals surface area contributed by atoms with E-state index in [1.165, 1.54) is 24.3 Å². The Labute approximate surface area is 171 Å². The molecule has 1 unspecified atom stereocenters. The Bertz CT molecular complexity index is 975. The van der Waals surface area contributed by atoms with E-state index in [-0.39, 0.29) is 11.8 Å². The maximum Gasteiger partial charge on any atom is 0.573 e. The van der Waals surface area contributed by atoms with Crippen LogP contribution in [0.15, 0.2) is 48.8 Å². The summed E-state index contributed by atoms with van der Waals surface area (Å²) in [6.45, 7) is 2.05. The average molecular weight is 418 g/mol. The minimum absolute atomic E-state index is 0.132. The lowest BCUT2D eigenvalue weighted by molar-refractivity contribution is -0.274. The van der Waals surface area contributed by atoms with E-state index in [2.05, 4.69) is 30.1 Å². The number of benzene rings is 1. The van der Waals surface area contributed by atoms with Crippen LogP contribution >= 0.6 is 0 Å². The molecule has 4 N–H and O–H groups in total. The number of nitrogens with two attached hydrogens (primary N) is 1. The molecule has 0 radical (unpaired) electrons. The number of nitrogens with one attached hydrogen (secondary N) is 2. The standard InChI is InChI=1S/C20H21F3N6O/c21-20(22,23)30-16-3-1-15(2-4-16)25-10-13-9-17(18-5-7-27-28-18)19(26-11-13)29-8-6-14(24)12-29/h1-5,7,9,11,14,25H,6,8,10,12,24H2,(H,27,28). The zero-order valence-electron chi connectivity index (χ0n) is 16.0. The van der Waals surface area contributed by atoms with E-state index in [0.29, 0.717) is 12.2 Å². The fourth-order valence-electron chi connectivity index (χ4n) is 3.41. The van der Waals surface area contributed by atoms with Gasteiger partial charge >= 0.3 is 6.36 Å². The van der Waals surface area contributed by atoms with Crippen molar-refractivity contribution in [2.24, 2.45) is 5.73 Å². The van der Waals surface area contributed by atoms with Gasteiger partial charge in [0.15, 0.2) is 0 Å². The lowest BCUT2D eigenvalue weighted by Crippen LogP contribution is -2.27. The number of aromatic amines is 1. The summed E-state index contributed by atoms with van der Waals surface area (Å²) in [6, 6.07) is 9.63. The van der Waals surface area contributed by atoms with E-state index in [0.717, 1.165) is 42.1 Å². The maximum absolute atomic E-state index is 12.3. The van der Waals surface area contributed by atoms with Crippen LogP contribution in [0.4, 0.5) is 24.7 Å². The van der Waals surface area contributed by atoms with E-state index < -0.39 is 6.36 Å². The zero-order valence-corrected chi connectivity index (χ0v) is 16.0. The Kier molecular flexibility index (Phi) is 5.49. The number of ether oxygens (including phenoxy) is 1. The summed E-state index contributed by atoms with van der Waals surface area (Å²) >= 11 is 0. The summed E-state index contributed by atoms with van der Waals surface area (Å²) in [5, 5.41) is 10.2. The van der Waals surface area contributed by atoms with Crippen LogP contribution in [0.25, 0.3) is 11.3 Å². The topological polar surface area (TPSA) is 92.1 Å². The van der Waals surface area contributed by atoms with Gasteiger partial charge in [-0.1, -0.05) is 0 Å². The SMILES string of the molecule is NC1CCN(c2ncc(CNc3ccc(OC(F)(F)F)cc3)cc2-c2ccn[nH]2)C1. The van der Waals surface area contributed by atoms with Crippen LogP contribution in [0.3, 0.4) is 0 Å². The second-order valence-corrected chi connectivity index (χ2v) is 7.11. The van der Waals surface area contributed by atoms with Gasteiger partial charge in [-0.2, -0.15) is 5.10 Å². The van der Waals surface area contributed by atoms with Gasteiger partial charge in [-0.05, 0) is 48.4 Å². The quantitative estimate of drug-likeness (QED) is 0.567. The highest BCUT2D eigenvalue weighted by atomic mass is 19.4. The molecule has 0 spiro atoms. The molecule has 1 atom stereocenters. The van der Waals surface area contributed by atoms with Crippen molar-refractivity contribution in [1.29, 1.82) is 0 Å². The molecule has 0 saturated carbocycles. The minimum atomic E-state index is -4.70. The van der Waals surface area contributed by atoms with Crippen molar-refractivity contribution in [1.82, 2.24) is 15.2 Å². The summed E-state index contributed by atoms with van der Waals surface area (Å²) in [6.07, 6.45) is -0.316. The number of hydrogen-bond donors (Lipinski definition) is 3. The van der Waals surface area contributed by atoms with E-state index in [1.807, 2.05) is 12.1 Å². The Morgan fingerprint density at radius 1 is 1.23 bits per heavy atom. The first-order chi connectivity index (χ1) is 14.4. The molecular formula is C20H21F3N6O. The normalized spacial score (nSPS) is 16.7. The van der Waals surface area contributed by atoms with Gasteiger partial charge in [0, 0.05) is 49.3 Å². The van der Waals surface area contributed by atoms with Gasteiger partial charge in [-0.3, -0.25) is 5.10 Å². The molecular weight excluding hydrogens is 397 g/mol. The number of hydrogen-bond acceptors (Lipinski definition) is 6. The summed E-state index contributed by atoms with van der Waals surface area (Å²) in [7, 11) is 0. The molecule has 1 aromatic carbocycles. The van der Waals surface area contributed by atoms with Gasteiger partial charge in [0.25, 0.3) is 0 Å². The second-order valence-electron chi connectivity index (χ2n) is 7.11. The van der Waals surface area contributed by atoms with Gasteiger partial charge in [0.05, 0.1) is 5.69 Å². The Hall–Kier alpha value is -3.27. The summed E-state index contributed by atoms with van der Waals surface area (Å²) in [5.74, 6) is 0.592. The van der Waals surface area contributed by atoms with Crippen LogP contribution in [-0.2, 0) is 6.54 Å². The lowest BCUT2D eigenvalue weighted by Gasteiger charge is -2.20. The van der Waals surface area contributed by atoms with Crippen LogP contribution in [0, 0.1) is 0 Å². The largest absolute Gasteiger partial charge is 0.573 e. The fourth-order valence-corrected chi connectivity index (χ4v) is 3.41. The van der Waals surface area contributed by atoms with Crippen molar-refractivity contribution < 1.29 is 17.9 Å². The number of nitrogens with zero attached hydrogens (tertiary/aromatic N) is 3. The number of pyridine rings is 1. The van der Waals surface area contributed by atoms with Crippen molar-refractivity contribution in [3.05, 3.63) is 54.4 Å². The van der Waals surface area contributed by atoms with Crippen molar-refractivity contribution in [2.75, 3.05) is 23.3 Å². The predicted octanol–water partition coefficient (Wildman–Crippen LogP) is 3.52. The highest BCUT2D eigenvalue weighted by Gasteiger charge is 2.31. The van der Waals surface area contributed by atoms with Gasteiger partial charge in [-0.15, -0.1) is 13.2 Å². The smallest absolute Gasteiger partial charge is 0.406 e. The third kappa shape index (κ3) is 4.82. The Morgan fingerprint density at radius 3 is 2.67 bits per heavy atom. The number of H-pyrrole nitrogens is 1. The molecule has 3 heterocycles. The van der Waals surface area contributed by atoms with Crippen molar-refractivity contribution in [2.45, 2.75) is 25.4 Å². The zero-order chi connectivity index (χ0) is 21.1. The fraction of sp³-hybridized carbons (Fsp3) is 0.300. The Morgan fingerprint density at radius 2 is 2.03 bits per heavy atom.